The number of rotatable bonds is 7. The van der Waals surface area contributed by atoms with Gasteiger partial charge in [0.1, 0.15) is 12.6 Å². The third kappa shape index (κ3) is 5.75. The number of anilines is 3. The van der Waals surface area contributed by atoms with E-state index in [4.69, 9.17) is 11.6 Å². The molecule has 206 valence electrons. The number of halogens is 1. The molecule has 0 bridgehead atoms. The van der Waals surface area contributed by atoms with E-state index in [0.717, 1.165) is 30.6 Å². The van der Waals surface area contributed by atoms with Crippen molar-refractivity contribution in [1.82, 2.24) is 9.88 Å². The summed E-state index contributed by atoms with van der Waals surface area (Å²) in [5.74, 6) is -0.227. The Labute approximate surface area is 237 Å². The topological polar surface area (TPSA) is 103 Å². The maximum atomic E-state index is 13.8. The van der Waals surface area contributed by atoms with Gasteiger partial charge in [-0.3, -0.25) is 14.3 Å². The van der Waals surface area contributed by atoms with Crippen LogP contribution >= 0.6 is 22.9 Å². The molecule has 12 heteroatoms. The van der Waals surface area contributed by atoms with Crippen LogP contribution in [0.2, 0.25) is 5.02 Å². The number of benzene rings is 2. The molecule has 0 unspecified atom stereocenters. The van der Waals surface area contributed by atoms with E-state index in [9.17, 15) is 18.0 Å². The van der Waals surface area contributed by atoms with Gasteiger partial charge >= 0.3 is 0 Å². The molecule has 2 amide bonds. The summed E-state index contributed by atoms with van der Waals surface area (Å²) in [5.41, 5.74) is 2.75. The third-order valence-electron chi connectivity index (χ3n) is 7.06. The number of amides is 2. The highest BCUT2D eigenvalue weighted by atomic mass is 35.5. The summed E-state index contributed by atoms with van der Waals surface area (Å²) in [6.45, 7) is 5.51. The Morgan fingerprint density at radius 1 is 1.10 bits per heavy atom. The number of nitrogens with one attached hydrogen (secondary N) is 1. The van der Waals surface area contributed by atoms with E-state index in [1.54, 1.807) is 27.3 Å². The Bertz CT molecular complexity index is 1460. The molecule has 1 N–H and O–H groups in total. The largest absolute Gasteiger partial charge is 0.359 e. The minimum absolute atomic E-state index is 0.0327. The fourth-order valence-electron chi connectivity index (χ4n) is 5.24. The smallest absolute Gasteiger partial charge is 0.263 e. The number of nitrogens with zero attached hydrogens (tertiary/aromatic N) is 4. The molecule has 1 fully saturated rings. The van der Waals surface area contributed by atoms with E-state index in [1.807, 2.05) is 32.0 Å². The molecular formula is C27H30ClN5O4S2. The lowest BCUT2D eigenvalue weighted by molar-refractivity contribution is -0.138. The average Bonchev–Trinajstić information content (AvgIpc) is 3.41. The van der Waals surface area contributed by atoms with Crippen LogP contribution in [0.1, 0.15) is 25.8 Å². The second-order valence-electron chi connectivity index (χ2n) is 10.0. The summed E-state index contributed by atoms with van der Waals surface area (Å²) in [6, 6.07) is 11.6. The molecule has 2 aliphatic heterocycles. The third-order valence-corrected chi connectivity index (χ3v) is 9.47. The summed E-state index contributed by atoms with van der Waals surface area (Å²) in [5, 5.41) is 2.65. The van der Waals surface area contributed by atoms with E-state index in [1.165, 1.54) is 29.7 Å². The molecule has 39 heavy (non-hydrogen) atoms. The van der Waals surface area contributed by atoms with Crippen LogP contribution < -0.4 is 14.5 Å². The number of thiazole rings is 1. The summed E-state index contributed by atoms with van der Waals surface area (Å²) in [6.07, 6.45) is 3.37. The van der Waals surface area contributed by atoms with Crippen molar-refractivity contribution >= 4 is 61.3 Å². The summed E-state index contributed by atoms with van der Waals surface area (Å²) in [4.78, 5) is 36.4. The van der Waals surface area contributed by atoms with Crippen molar-refractivity contribution in [3.05, 3.63) is 64.6 Å². The number of aryl methyl sites for hydroxylation is 1. The lowest BCUT2D eigenvalue weighted by Crippen LogP contribution is -2.59. The van der Waals surface area contributed by atoms with Crippen molar-refractivity contribution in [2.45, 2.75) is 37.6 Å². The molecule has 0 saturated carbocycles. The quantitative estimate of drug-likeness (QED) is 0.443. The van der Waals surface area contributed by atoms with Gasteiger partial charge in [0.05, 0.1) is 4.90 Å². The van der Waals surface area contributed by atoms with Crippen molar-refractivity contribution in [3.8, 4) is 0 Å². The number of hydrogen-bond acceptors (Lipinski definition) is 7. The Balaban J connectivity index is 1.28. The standard InChI is InChI=1S/C27H30ClN5O4S2/c1-18(2)25(33-12-3-4-19-16-20(28)5-10-23(19)33)26(35)31-13-14-32(24(34)17-31)21-6-8-22(9-7-21)39(36,37)30-27-29-11-15-38-27/h5-11,15-16,18,25H,3-4,12-14,17H2,1-2H3,(H,29,30)/t25-/m1/s1. The van der Waals surface area contributed by atoms with Gasteiger partial charge in [0.2, 0.25) is 11.8 Å². The van der Waals surface area contributed by atoms with E-state index >= 15 is 0 Å². The maximum Gasteiger partial charge on any atom is 0.263 e. The molecule has 2 aliphatic rings. The van der Waals surface area contributed by atoms with Crippen LogP contribution in [0.25, 0.3) is 0 Å². The molecule has 1 saturated heterocycles. The zero-order valence-electron chi connectivity index (χ0n) is 21.7. The van der Waals surface area contributed by atoms with Crippen LogP contribution in [0.5, 0.6) is 0 Å². The number of aromatic nitrogens is 1. The second kappa shape index (κ2) is 11.1. The van der Waals surface area contributed by atoms with Gasteiger partial charge in [-0.1, -0.05) is 25.4 Å². The van der Waals surface area contributed by atoms with Gasteiger partial charge < -0.3 is 14.7 Å². The maximum absolute atomic E-state index is 13.8. The van der Waals surface area contributed by atoms with Crippen molar-refractivity contribution in [3.63, 3.8) is 0 Å². The molecular weight excluding hydrogens is 558 g/mol. The SMILES string of the molecule is CC(C)[C@H](C(=O)N1CCN(c2ccc(S(=O)(=O)Nc3nccs3)cc2)C(=O)C1)N1CCCc2cc(Cl)ccc21. The molecule has 1 aromatic heterocycles. The number of piperazine rings is 1. The first-order valence-electron chi connectivity index (χ1n) is 12.8. The lowest BCUT2D eigenvalue weighted by Gasteiger charge is -2.43. The van der Waals surface area contributed by atoms with Gasteiger partial charge in [0.15, 0.2) is 5.13 Å². The Morgan fingerprint density at radius 2 is 1.87 bits per heavy atom. The van der Waals surface area contributed by atoms with Crippen LogP contribution in [-0.4, -0.2) is 62.3 Å². The predicted octanol–water partition coefficient (Wildman–Crippen LogP) is 4.25. The minimum atomic E-state index is -3.79. The highest BCUT2D eigenvalue weighted by Gasteiger charge is 2.37. The summed E-state index contributed by atoms with van der Waals surface area (Å²) in [7, 11) is -3.79. The van der Waals surface area contributed by atoms with Crippen molar-refractivity contribution in [2.75, 3.05) is 40.7 Å². The normalized spacial score (nSPS) is 16.8. The van der Waals surface area contributed by atoms with E-state index in [-0.39, 0.29) is 40.3 Å². The monoisotopic (exact) mass is 587 g/mol. The predicted molar refractivity (Wildman–Crippen MR) is 154 cm³/mol. The average molecular weight is 588 g/mol. The molecule has 0 radical (unpaired) electrons. The van der Waals surface area contributed by atoms with Gasteiger partial charge in [0, 0.05) is 47.6 Å². The zero-order valence-corrected chi connectivity index (χ0v) is 24.1. The molecule has 0 spiro atoms. The second-order valence-corrected chi connectivity index (χ2v) is 13.0. The molecule has 2 aromatic carbocycles. The summed E-state index contributed by atoms with van der Waals surface area (Å²) >= 11 is 7.41. The first-order chi connectivity index (χ1) is 18.6. The highest BCUT2D eigenvalue weighted by Crippen LogP contribution is 2.33. The van der Waals surface area contributed by atoms with Crippen LogP contribution in [-0.2, 0) is 26.0 Å². The van der Waals surface area contributed by atoms with Crippen LogP contribution in [0, 0.1) is 5.92 Å². The van der Waals surface area contributed by atoms with Gasteiger partial charge in [-0.2, -0.15) is 0 Å². The highest BCUT2D eigenvalue weighted by molar-refractivity contribution is 7.93. The molecule has 0 aliphatic carbocycles. The zero-order chi connectivity index (χ0) is 27.7. The van der Waals surface area contributed by atoms with Crippen molar-refractivity contribution in [2.24, 2.45) is 5.92 Å². The van der Waals surface area contributed by atoms with E-state index in [0.29, 0.717) is 23.8 Å². The van der Waals surface area contributed by atoms with Crippen LogP contribution in [0.3, 0.4) is 0 Å². The fourth-order valence-corrected chi connectivity index (χ4v) is 7.22. The van der Waals surface area contributed by atoms with Gasteiger partial charge in [-0.15, -0.1) is 11.3 Å². The van der Waals surface area contributed by atoms with Crippen LogP contribution in [0.15, 0.2) is 58.9 Å². The first kappa shape index (κ1) is 27.4. The summed E-state index contributed by atoms with van der Waals surface area (Å²) < 4.78 is 27.7. The fraction of sp³-hybridized carbons (Fsp3) is 0.370. The molecule has 3 aromatic rings. The molecule has 9 nitrogen and oxygen atoms in total. The number of fused-ring (bicyclic) bond motifs is 1. The van der Waals surface area contributed by atoms with Crippen molar-refractivity contribution in [1.29, 1.82) is 0 Å². The number of hydrogen-bond donors (Lipinski definition) is 1. The Morgan fingerprint density at radius 3 is 2.54 bits per heavy atom. The molecule has 1 atom stereocenters. The minimum Gasteiger partial charge on any atom is -0.359 e. The molecule has 5 rings (SSSR count). The van der Waals surface area contributed by atoms with E-state index in [2.05, 4.69) is 14.6 Å². The van der Waals surface area contributed by atoms with Crippen molar-refractivity contribution < 1.29 is 18.0 Å². The number of carbonyl (C=O) groups excluding carboxylic acids is 2. The Hall–Kier alpha value is -3.15. The first-order valence-corrected chi connectivity index (χ1v) is 15.5. The van der Waals surface area contributed by atoms with Gasteiger partial charge in [-0.05, 0) is 66.8 Å². The lowest BCUT2D eigenvalue weighted by atomic mass is 9.94. The van der Waals surface area contributed by atoms with E-state index < -0.39 is 10.0 Å². The van der Waals surface area contributed by atoms with Crippen LogP contribution in [0.4, 0.5) is 16.5 Å². The number of sulfonamides is 1. The Kier molecular flexibility index (Phi) is 7.84. The van der Waals surface area contributed by atoms with Gasteiger partial charge in [-0.25, -0.2) is 13.4 Å². The molecule has 3 heterocycles. The van der Waals surface area contributed by atoms with Gasteiger partial charge in [0.25, 0.3) is 10.0 Å². The number of carbonyl (C=O) groups is 2.